The Morgan fingerprint density at radius 2 is 2.15 bits per heavy atom. The van der Waals surface area contributed by atoms with Crippen molar-refractivity contribution in [2.24, 2.45) is 7.05 Å². The molecule has 2 N–H and O–H groups in total. The fourth-order valence-corrected chi connectivity index (χ4v) is 2.22. The minimum atomic E-state index is -1.21. The number of aryl methyl sites for hydroxylation is 2. The number of nitrogens with zero attached hydrogens (tertiary/aromatic N) is 4. The number of halogens is 1. The zero-order valence-electron chi connectivity index (χ0n) is 10.8. The van der Waals surface area contributed by atoms with E-state index in [1.54, 1.807) is 0 Å². The highest BCUT2D eigenvalue weighted by molar-refractivity contribution is 9.09. The summed E-state index contributed by atoms with van der Waals surface area (Å²) < 4.78 is 2.62. The third-order valence-electron chi connectivity index (χ3n) is 2.88. The van der Waals surface area contributed by atoms with Crippen LogP contribution in [0.15, 0.2) is 9.59 Å². The first kappa shape index (κ1) is 14.3. The minimum Gasteiger partial charge on any atom is -0.465 e. The highest BCUT2D eigenvalue weighted by Gasteiger charge is 2.22. The number of alkyl halides is 1. The molecule has 2 aromatic rings. The maximum atomic E-state index is 11.9. The van der Waals surface area contributed by atoms with E-state index in [0.29, 0.717) is 11.9 Å². The van der Waals surface area contributed by atoms with E-state index in [9.17, 15) is 14.4 Å². The second-order valence-electron chi connectivity index (χ2n) is 4.08. The fourth-order valence-electron chi connectivity index (χ4n) is 1.86. The Morgan fingerprint density at radius 1 is 1.50 bits per heavy atom. The predicted molar refractivity (Wildman–Crippen MR) is 75.8 cm³/mol. The number of carbonyl (C=O) groups is 1. The number of anilines is 1. The van der Waals surface area contributed by atoms with Gasteiger partial charge in [0.2, 0.25) is 5.95 Å². The van der Waals surface area contributed by atoms with Gasteiger partial charge in [-0.05, 0) is 0 Å². The predicted octanol–water partition coefficient (Wildman–Crippen LogP) is -0.0676. The summed E-state index contributed by atoms with van der Waals surface area (Å²) in [5, 5.41) is 9.55. The van der Waals surface area contributed by atoms with Gasteiger partial charge in [-0.25, -0.2) is 9.59 Å². The van der Waals surface area contributed by atoms with Gasteiger partial charge in [0.25, 0.3) is 5.56 Å². The molecule has 0 unspecified atom stereocenters. The summed E-state index contributed by atoms with van der Waals surface area (Å²) in [5.74, 6) is 0.0821. The minimum absolute atomic E-state index is 0.0821. The zero-order chi connectivity index (χ0) is 15.0. The van der Waals surface area contributed by atoms with Crippen molar-refractivity contribution in [2.45, 2.75) is 6.54 Å². The number of imidazole rings is 1. The SMILES string of the molecule is CN(C(=O)O)c1nc2c(c(=O)[nH]c(=O)n2C)n1CCBr. The van der Waals surface area contributed by atoms with Gasteiger partial charge in [-0.15, -0.1) is 0 Å². The van der Waals surface area contributed by atoms with Gasteiger partial charge in [0.05, 0.1) is 0 Å². The summed E-state index contributed by atoms with van der Waals surface area (Å²) in [4.78, 5) is 41.7. The van der Waals surface area contributed by atoms with E-state index in [1.165, 1.54) is 23.2 Å². The second-order valence-corrected chi connectivity index (χ2v) is 4.88. The van der Waals surface area contributed by atoms with Crippen molar-refractivity contribution in [3.8, 4) is 0 Å². The molecule has 2 rings (SSSR count). The topological polar surface area (TPSA) is 113 Å². The molecule has 9 nitrogen and oxygen atoms in total. The number of carboxylic acid groups (broad SMARTS) is 1. The Kier molecular flexibility index (Phi) is 3.66. The largest absolute Gasteiger partial charge is 0.465 e. The molecule has 0 aliphatic rings. The van der Waals surface area contributed by atoms with E-state index < -0.39 is 17.3 Å². The van der Waals surface area contributed by atoms with Gasteiger partial charge in [0, 0.05) is 26.0 Å². The van der Waals surface area contributed by atoms with Crippen molar-refractivity contribution in [3.05, 3.63) is 20.8 Å². The van der Waals surface area contributed by atoms with Gasteiger partial charge in [-0.1, -0.05) is 15.9 Å². The van der Waals surface area contributed by atoms with Gasteiger partial charge in [0.1, 0.15) is 0 Å². The molecular formula is C10H12BrN5O4. The number of nitrogens with one attached hydrogen (secondary N) is 1. The van der Waals surface area contributed by atoms with Crippen LogP contribution in [0.25, 0.3) is 11.2 Å². The first-order valence-electron chi connectivity index (χ1n) is 5.60. The summed E-state index contributed by atoms with van der Waals surface area (Å²) >= 11 is 3.24. The standard InChI is InChI=1S/C10H12BrN5O4/c1-14-6-5(7(17)13-9(14)18)16(4-3-11)8(12-6)15(2)10(19)20/h3-4H2,1-2H3,(H,19,20)(H,13,17,18). The number of aromatic amines is 1. The molecule has 0 radical (unpaired) electrons. The molecular weight excluding hydrogens is 334 g/mol. The highest BCUT2D eigenvalue weighted by atomic mass is 79.9. The first-order chi connectivity index (χ1) is 9.38. The number of rotatable bonds is 3. The van der Waals surface area contributed by atoms with Crippen LogP contribution in [0.3, 0.4) is 0 Å². The molecule has 0 aromatic carbocycles. The van der Waals surface area contributed by atoms with Crippen molar-refractivity contribution < 1.29 is 9.90 Å². The Balaban J connectivity index is 2.89. The molecule has 0 fully saturated rings. The summed E-state index contributed by atoms with van der Waals surface area (Å²) in [5.41, 5.74) is -0.894. The summed E-state index contributed by atoms with van der Waals surface area (Å²) in [6.07, 6.45) is -1.21. The molecule has 0 atom stereocenters. The second kappa shape index (κ2) is 5.12. The lowest BCUT2D eigenvalue weighted by molar-refractivity contribution is 0.203. The summed E-state index contributed by atoms with van der Waals surface area (Å²) in [7, 11) is 2.78. The Labute approximate surface area is 120 Å². The molecule has 1 amide bonds. The third-order valence-corrected chi connectivity index (χ3v) is 3.24. The normalized spacial score (nSPS) is 10.9. The highest BCUT2D eigenvalue weighted by Crippen LogP contribution is 2.18. The van der Waals surface area contributed by atoms with Crippen molar-refractivity contribution in [3.63, 3.8) is 0 Å². The number of aromatic nitrogens is 4. The van der Waals surface area contributed by atoms with Crippen LogP contribution < -0.4 is 16.1 Å². The number of amides is 1. The third kappa shape index (κ3) is 2.11. The van der Waals surface area contributed by atoms with Crippen LogP contribution in [0.1, 0.15) is 0 Å². The van der Waals surface area contributed by atoms with E-state index in [1.807, 2.05) is 0 Å². The van der Waals surface area contributed by atoms with Gasteiger partial charge in [-0.2, -0.15) is 4.98 Å². The molecule has 0 saturated carbocycles. The van der Waals surface area contributed by atoms with Crippen LogP contribution in [0.2, 0.25) is 0 Å². The van der Waals surface area contributed by atoms with Crippen LogP contribution in [0, 0.1) is 0 Å². The number of H-pyrrole nitrogens is 1. The first-order valence-corrected chi connectivity index (χ1v) is 6.72. The van der Waals surface area contributed by atoms with Crippen molar-refractivity contribution in [1.29, 1.82) is 0 Å². The lowest BCUT2D eigenvalue weighted by Crippen LogP contribution is -2.30. The molecule has 108 valence electrons. The molecule has 10 heteroatoms. The van der Waals surface area contributed by atoms with Crippen molar-refractivity contribution in [2.75, 3.05) is 17.3 Å². The Bertz CT molecular complexity index is 789. The number of hydrogen-bond acceptors (Lipinski definition) is 4. The molecule has 0 saturated heterocycles. The Hall–Kier alpha value is -2.10. The van der Waals surface area contributed by atoms with E-state index in [-0.39, 0.29) is 17.1 Å². The smallest absolute Gasteiger partial charge is 0.413 e. The molecule has 0 spiro atoms. The maximum absolute atomic E-state index is 11.9. The zero-order valence-corrected chi connectivity index (χ0v) is 12.3. The van der Waals surface area contributed by atoms with Crippen LogP contribution >= 0.6 is 15.9 Å². The summed E-state index contributed by atoms with van der Waals surface area (Å²) in [6.45, 7) is 0.338. The van der Waals surface area contributed by atoms with Gasteiger partial charge in [-0.3, -0.25) is 19.2 Å². The van der Waals surface area contributed by atoms with Crippen LogP contribution in [-0.4, -0.2) is 42.7 Å². The van der Waals surface area contributed by atoms with Crippen LogP contribution in [-0.2, 0) is 13.6 Å². The summed E-state index contributed by atoms with van der Waals surface area (Å²) in [6, 6.07) is 0. The molecule has 2 aromatic heterocycles. The van der Waals surface area contributed by atoms with E-state index in [0.717, 1.165) is 4.90 Å². The van der Waals surface area contributed by atoms with Crippen molar-refractivity contribution in [1.82, 2.24) is 19.1 Å². The average Bonchev–Trinajstić information content (AvgIpc) is 2.75. The molecule has 0 bridgehead atoms. The van der Waals surface area contributed by atoms with Crippen LogP contribution in [0.5, 0.6) is 0 Å². The Morgan fingerprint density at radius 3 is 2.70 bits per heavy atom. The van der Waals surface area contributed by atoms with Gasteiger partial charge < -0.3 is 9.67 Å². The quantitative estimate of drug-likeness (QED) is 0.756. The van der Waals surface area contributed by atoms with Crippen LogP contribution in [0.4, 0.5) is 10.7 Å². The van der Waals surface area contributed by atoms with Crippen molar-refractivity contribution >= 4 is 39.1 Å². The molecule has 2 heterocycles. The molecule has 0 aliphatic carbocycles. The lowest BCUT2D eigenvalue weighted by atomic mass is 10.5. The van der Waals surface area contributed by atoms with E-state index in [2.05, 4.69) is 25.9 Å². The average molecular weight is 346 g/mol. The van der Waals surface area contributed by atoms with E-state index >= 15 is 0 Å². The van der Waals surface area contributed by atoms with Gasteiger partial charge >= 0.3 is 11.8 Å². The fraction of sp³-hybridized carbons (Fsp3) is 0.400. The number of fused-ring (bicyclic) bond motifs is 1. The maximum Gasteiger partial charge on any atom is 0.413 e. The van der Waals surface area contributed by atoms with E-state index in [4.69, 9.17) is 5.11 Å². The van der Waals surface area contributed by atoms with Gasteiger partial charge in [0.15, 0.2) is 11.2 Å². The monoisotopic (exact) mass is 345 g/mol. The number of hydrogen-bond donors (Lipinski definition) is 2. The molecule has 0 aliphatic heterocycles. The molecule has 20 heavy (non-hydrogen) atoms. The lowest BCUT2D eigenvalue weighted by Gasteiger charge is -2.13.